The van der Waals surface area contributed by atoms with Gasteiger partial charge in [0.25, 0.3) is 0 Å². The summed E-state index contributed by atoms with van der Waals surface area (Å²) in [5, 5.41) is -0.412. The van der Waals surface area contributed by atoms with Crippen LogP contribution in [-0.4, -0.2) is 14.5 Å². The second kappa shape index (κ2) is 7.31. The fourth-order valence-electron chi connectivity index (χ4n) is 3.50. The summed E-state index contributed by atoms with van der Waals surface area (Å²) in [5.74, 6) is -0.957. The van der Waals surface area contributed by atoms with Crippen molar-refractivity contribution in [2.24, 2.45) is 5.92 Å². The Kier molecular flexibility index (Phi) is 5.01. The number of aryl methyl sites for hydroxylation is 1. The first kappa shape index (κ1) is 21.3. The Morgan fingerprint density at radius 1 is 1.06 bits per heavy atom. The Labute approximate surface area is 170 Å². The maximum atomic E-state index is 14.8. The van der Waals surface area contributed by atoms with Gasteiger partial charge in [-0.2, -0.15) is 31.3 Å². The van der Waals surface area contributed by atoms with Crippen LogP contribution in [0.1, 0.15) is 36.2 Å². The van der Waals surface area contributed by atoms with Gasteiger partial charge in [-0.3, -0.25) is 4.57 Å². The zero-order valence-electron chi connectivity index (χ0n) is 15.7. The van der Waals surface area contributed by atoms with Crippen LogP contribution in [-0.2, 0) is 18.8 Å². The fraction of sp³-hybridized carbons (Fsp3) is 0.350. The molecule has 3 aromatic rings. The number of hydrogen-bond acceptors (Lipinski definition) is 3. The molecule has 4 nitrogen and oxygen atoms in total. The van der Waals surface area contributed by atoms with Crippen LogP contribution < -0.4 is 5.69 Å². The number of hydrogen-bond donors (Lipinski definition) is 0. The third kappa shape index (κ3) is 4.13. The quantitative estimate of drug-likeness (QED) is 0.512. The molecule has 0 radical (unpaired) electrons. The maximum Gasteiger partial charge on any atom is 0.435 e. The molecule has 0 spiro atoms. The average molecular weight is 445 g/mol. The molecule has 164 valence electrons. The molecule has 1 fully saturated rings. The van der Waals surface area contributed by atoms with Gasteiger partial charge in [0.05, 0.1) is 27.8 Å². The van der Waals surface area contributed by atoms with Gasteiger partial charge in [0.15, 0.2) is 5.69 Å². The Morgan fingerprint density at radius 2 is 1.77 bits per heavy atom. The van der Waals surface area contributed by atoms with E-state index in [1.165, 1.54) is 0 Å². The van der Waals surface area contributed by atoms with Crippen molar-refractivity contribution in [3.05, 3.63) is 63.7 Å². The zero-order valence-corrected chi connectivity index (χ0v) is 15.7. The minimum absolute atomic E-state index is 0.0770. The summed E-state index contributed by atoms with van der Waals surface area (Å²) < 4.78 is 95.5. The lowest BCUT2D eigenvalue weighted by Crippen LogP contribution is -2.27. The predicted octanol–water partition coefficient (Wildman–Crippen LogP) is 5.30. The number of pyridine rings is 1. The normalized spacial score (nSPS) is 14.9. The van der Waals surface area contributed by atoms with Crippen molar-refractivity contribution in [1.29, 1.82) is 0 Å². The third-order valence-corrected chi connectivity index (χ3v) is 5.13. The molecule has 1 saturated carbocycles. The van der Waals surface area contributed by atoms with Crippen molar-refractivity contribution < 1.29 is 30.7 Å². The van der Waals surface area contributed by atoms with E-state index in [0.717, 1.165) is 31.2 Å². The molecule has 0 atom stereocenters. The summed E-state index contributed by atoms with van der Waals surface area (Å²) in [6.07, 6.45) is -6.59. The van der Waals surface area contributed by atoms with Crippen molar-refractivity contribution in [2.75, 3.05) is 0 Å². The maximum absolute atomic E-state index is 14.8. The highest BCUT2D eigenvalue weighted by Gasteiger charge is 2.37. The van der Waals surface area contributed by atoms with Gasteiger partial charge in [-0.1, -0.05) is 12.8 Å². The van der Waals surface area contributed by atoms with Crippen molar-refractivity contribution in [1.82, 2.24) is 14.5 Å². The Bertz CT molecular complexity index is 1210. The molecule has 1 aromatic carbocycles. The number of rotatable bonds is 4. The molecule has 2 heterocycles. The summed E-state index contributed by atoms with van der Waals surface area (Å²) in [6.45, 7) is 0. The molecule has 0 bridgehead atoms. The van der Waals surface area contributed by atoms with Gasteiger partial charge in [0, 0.05) is 6.20 Å². The molecular weight excluding hydrogens is 431 g/mol. The number of fused-ring (bicyclic) bond motifs is 1. The van der Waals surface area contributed by atoms with E-state index < -0.39 is 51.7 Å². The topological polar surface area (TPSA) is 47.8 Å². The van der Waals surface area contributed by atoms with Gasteiger partial charge >= 0.3 is 18.0 Å². The molecule has 0 amide bonds. The highest BCUT2D eigenvalue weighted by atomic mass is 19.4. The average Bonchev–Trinajstić information content (AvgIpc) is 3.49. The van der Waals surface area contributed by atoms with Crippen LogP contribution in [0.5, 0.6) is 0 Å². The lowest BCUT2D eigenvalue weighted by atomic mass is 10.0. The van der Waals surface area contributed by atoms with E-state index in [1.807, 2.05) is 0 Å². The van der Waals surface area contributed by atoms with Crippen molar-refractivity contribution in [2.45, 2.75) is 38.0 Å². The van der Waals surface area contributed by atoms with Crippen LogP contribution >= 0.6 is 0 Å². The van der Waals surface area contributed by atoms with Crippen LogP contribution in [0.4, 0.5) is 30.7 Å². The number of nitrogens with zero attached hydrogens (tertiary/aromatic N) is 3. The molecule has 0 unspecified atom stereocenters. The third-order valence-electron chi connectivity index (χ3n) is 5.13. The van der Waals surface area contributed by atoms with E-state index in [0.29, 0.717) is 23.0 Å². The van der Waals surface area contributed by atoms with Crippen LogP contribution in [0.15, 0.2) is 35.3 Å². The highest BCUT2D eigenvalue weighted by molar-refractivity contribution is 5.84. The summed E-state index contributed by atoms with van der Waals surface area (Å²) >= 11 is 0. The van der Waals surface area contributed by atoms with Crippen molar-refractivity contribution in [3.8, 4) is 5.69 Å². The van der Waals surface area contributed by atoms with E-state index >= 15 is 0 Å². The van der Waals surface area contributed by atoms with Gasteiger partial charge in [0.1, 0.15) is 5.82 Å². The molecule has 1 aliphatic carbocycles. The Morgan fingerprint density at radius 3 is 2.39 bits per heavy atom. The van der Waals surface area contributed by atoms with Crippen molar-refractivity contribution in [3.63, 3.8) is 0 Å². The number of benzene rings is 1. The second-order valence-electron chi connectivity index (χ2n) is 7.38. The first-order valence-corrected chi connectivity index (χ1v) is 9.32. The van der Waals surface area contributed by atoms with Crippen LogP contribution in [0.25, 0.3) is 16.6 Å². The van der Waals surface area contributed by atoms with Crippen LogP contribution in [0, 0.1) is 11.7 Å². The first-order valence-electron chi connectivity index (χ1n) is 9.32. The van der Waals surface area contributed by atoms with Gasteiger partial charge in [-0.05, 0) is 43.0 Å². The SMILES string of the molecule is O=c1nc(CCC2CC2)c2c(F)cc(C(F)(F)F)cc2n1-c1cccnc1C(F)(F)F. The van der Waals surface area contributed by atoms with Gasteiger partial charge in [0.2, 0.25) is 0 Å². The monoisotopic (exact) mass is 445 g/mol. The van der Waals surface area contributed by atoms with E-state index in [2.05, 4.69) is 9.97 Å². The fourth-order valence-corrected chi connectivity index (χ4v) is 3.50. The standard InChI is InChI=1S/C20H14F7N3O/c21-12-8-11(19(22,23)24)9-15-16(12)13(6-5-10-3-4-10)29-18(31)30(15)14-2-1-7-28-17(14)20(25,26)27/h1-2,7-10H,3-6H2. The summed E-state index contributed by atoms with van der Waals surface area (Å²) in [7, 11) is 0. The van der Waals surface area contributed by atoms with Gasteiger partial charge in [-0.25, -0.2) is 14.2 Å². The first-order chi connectivity index (χ1) is 14.5. The smallest absolute Gasteiger partial charge is 0.258 e. The van der Waals surface area contributed by atoms with Crippen LogP contribution in [0.2, 0.25) is 0 Å². The molecular formula is C20H14F7N3O. The minimum atomic E-state index is -5.01. The number of halogens is 7. The molecule has 4 rings (SSSR count). The molecule has 11 heteroatoms. The molecule has 0 saturated heterocycles. The highest BCUT2D eigenvalue weighted by Crippen LogP contribution is 2.38. The van der Waals surface area contributed by atoms with E-state index in [9.17, 15) is 35.5 Å². The Hall–Kier alpha value is -2.98. The van der Waals surface area contributed by atoms with E-state index in [1.54, 1.807) is 0 Å². The molecule has 1 aliphatic rings. The number of aromatic nitrogens is 3. The summed E-state index contributed by atoms with van der Waals surface area (Å²) in [4.78, 5) is 19.7. The van der Waals surface area contributed by atoms with E-state index in [4.69, 9.17) is 0 Å². The van der Waals surface area contributed by atoms with Crippen molar-refractivity contribution >= 4 is 10.9 Å². The summed E-state index contributed by atoms with van der Waals surface area (Å²) in [6, 6.07) is 2.69. The largest absolute Gasteiger partial charge is 0.435 e. The van der Waals surface area contributed by atoms with Crippen LogP contribution in [0.3, 0.4) is 0 Å². The minimum Gasteiger partial charge on any atom is -0.258 e. The zero-order chi connectivity index (χ0) is 22.6. The Balaban J connectivity index is 2.06. The molecule has 31 heavy (non-hydrogen) atoms. The molecule has 0 N–H and O–H groups in total. The lowest BCUT2D eigenvalue weighted by molar-refractivity contribution is -0.141. The second-order valence-corrected chi connectivity index (χ2v) is 7.38. The lowest BCUT2D eigenvalue weighted by Gasteiger charge is -2.18. The summed E-state index contributed by atoms with van der Waals surface area (Å²) in [5.41, 5.74) is -5.71. The van der Waals surface area contributed by atoms with Gasteiger partial charge in [-0.15, -0.1) is 0 Å². The molecule has 0 aliphatic heterocycles. The van der Waals surface area contributed by atoms with Gasteiger partial charge < -0.3 is 0 Å². The molecule has 2 aromatic heterocycles. The predicted molar refractivity (Wildman–Crippen MR) is 96.1 cm³/mol. The number of alkyl halides is 6. The van der Waals surface area contributed by atoms with E-state index in [-0.39, 0.29) is 18.2 Å².